The van der Waals surface area contributed by atoms with Crippen molar-refractivity contribution in [1.82, 2.24) is 0 Å². The zero-order valence-electron chi connectivity index (χ0n) is 6.63. The predicted molar refractivity (Wildman–Crippen MR) is 52.9 cm³/mol. The molecule has 1 aromatic carbocycles. The van der Waals surface area contributed by atoms with Crippen LogP contribution >= 0.6 is 11.6 Å². The van der Waals surface area contributed by atoms with Crippen LogP contribution in [0.1, 0.15) is 5.56 Å². The van der Waals surface area contributed by atoms with Gasteiger partial charge in [0.1, 0.15) is 0 Å². The average Bonchev–Trinajstić information content (AvgIpc) is 2.09. The van der Waals surface area contributed by atoms with Gasteiger partial charge in [0.15, 0.2) is 0 Å². The minimum absolute atomic E-state index is 0.616. The van der Waals surface area contributed by atoms with Crippen LogP contribution in [-0.4, -0.2) is 12.8 Å². The van der Waals surface area contributed by atoms with Crippen LogP contribution in [0, 0.1) is 6.07 Å². The molecule has 61 valence electrons. The molecule has 0 aromatic heterocycles. The molecule has 0 aliphatic rings. The highest BCUT2D eigenvalue weighted by molar-refractivity contribution is 6.33. The quantitative estimate of drug-likeness (QED) is 0.499. The number of aliphatic imine (C=N–C) groups is 1. The first kappa shape index (κ1) is 9.01. The summed E-state index contributed by atoms with van der Waals surface area (Å²) < 4.78 is 0. The monoisotopic (exact) mass is 178 g/mol. The third kappa shape index (κ3) is 2.51. The van der Waals surface area contributed by atoms with Gasteiger partial charge in [0.05, 0.1) is 6.54 Å². The average molecular weight is 179 g/mol. The van der Waals surface area contributed by atoms with Crippen molar-refractivity contribution in [2.45, 2.75) is 0 Å². The lowest BCUT2D eigenvalue weighted by molar-refractivity contribution is 1.26. The summed E-state index contributed by atoms with van der Waals surface area (Å²) in [5.74, 6) is 0. The third-order valence-corrected chi connectivity index (χ3v) is 1.65. The Kier molecular flexibility index (Phi) is 3.55. The maximum Gasteiger partial charge on any atom is 0.0567 e. The number of halogens is 1. The second kappa shape index (κ2) is 4.73. The second-order valence-electron chi connectivity index (χ2n) is 2.23. The molecule has 0 bridgehead atoms. The maximum absolute atomic E-state index is 5.87. The normalized spacial score (nSPS) is 10.4. The summed E-state index contributed by atoms with van der Waals surface area (Å²) in [6.45, 7) is 4.18. The fourth-order valence-electron chi connectivity index (χ4n) is 0.749. The van der Waals surface area contributed by atoms with Gasteiger partial charge in [0.25, 0.3) is 0 Å². The van der Waals surface area contributed by atoms with E-state index in [1.165, 1.54) is 0 Å². The van der Waals surface area contributed by atoms with Gasteiger partial charge in [-0.2, -0.15) is 0 Å². The van der Waals surface area contributed by atoms with Crippen LogP contribution < -0.4 is 0 Å². The van der Waals surface area contributed by atoms with Gasteiger partial charge in [-0.15, -0.1) is 6.58 Å². The van der Waals surface area contributed by atoms with Gasteiger partial charge in [0, 0.05) is 16.8 Å². The summed E-state index contributed by atoms with van der Waals surface area (Å²) >= 11 is 5.87. The standard InChI is InChI=1S/C10H9ClN/c1-2-7-12-8-9-5-3-4-6-10(9)11/h2,4-6,8H,1,7H2/b12-8+. The van der Waals surface area contributed by atoms with Gasteiger partial charge in [-0.1, -0.05) is 23.7 Å². The van der Waals surface area contributed by atoms with Gasteiger partial charge >= 0.3 is 0 Å². The first-order valence-corrected chi connectivity index (χ1v) is 3.98. The zero-order chi connectivity index (χ0) is 8.81. The SMILES string of the molecule is C=CC/N=C/c1c[c]ccc1Cl. The fraction of sp³-hybridized carbons (Fsp3) is 0.100. The molecule has 0 atom stereocenters. The Morgan fingerprint density at radius 1 is 1.67 bits per heavy atom. The number of rotatable bonds is 3. The molecule has 12 heavy (non-hydrogen) atoms. The highest BCUT2D eigenvalue weighted by Crippen LogP contribution is 2.11. The summed E-state index contributed by atoms with van der Waals surface area (Å²) in [7, 11) is 0. The van der Waals surface area contributed by atoms with Gasteiger partial charge in [-0.25, -0.2) is 0 Å². The highest BCUT2D eigenvalue weighted by Gasteiger charge is 1.92. The Bertz CT molecular complexity index is 292. The summed E-state index contributed by atoms with van der Waals surface area (Å²) in [5.41, 5.74) is 0.890. The van der Waals surface area contributed by atoms with E-state index in [0.717, 1.165) is 5.56 Å². The lowest BCUT2D eigenvalue weighted by Crippen LogP contribution is -1.83. The minimum atomic E-state index is 0.616. The van der Waals surface area contributed by atoms with Crippen molar-refractivity contribution < 1.29 is 0 Å². The molecule has 0 saturated heterocycles. The van der Waals surface area contributed by atoms with Crippen LogP contribution in [-0.2, 0) is 0 Å². The topological polar surface area (TPSA) is 12.4 Å². The second-order valence-corrected chi connectivity index (χ2v) is 2.64. The number of benzene rings is 1. The van der Waals surface area contributed by atoms with E-state index in [9.17, 15) is 0 Å². The highest BCUT2D eigenvalue weighted by atomic mass is 35.5. The number of nitrogens with zero attached hydrogens (tertiary/aromatic N) is 1. The lowest BCUT2D eigenvalue weighted by Gasteiger charge is -1.93. The Hall–Kier alpha value is -1.08. The van der Waals surface area contributed by atoms with Gasteiger partial charge in [0.2, 0.25) is 0 Å². The van der Waals surface area contributed by atoms with E-state index in [1.54, 1.807) is 30.5 Å². The van der Waals surface area contributed by atoms with Crippen LogP contribution in [0.4, 0.5) is 0 Å². The van der Waals surface area contributed by atoms with E-state index < -0.39 is 0 Å². The van der Waals surface area contributed by atoms with Crippen molar-refractivity contribution >= 4 is 17.8 Å². The summed E-state index contributed by atoms with van der Waals surface area (Å²) in [6, 6.07) is 8.29. The molecule has 0 aliphatic heterocycles. The maximum atomic E-state index is 5.87. The largest absolute Gasteiger partial charge is 0.288 e. The zero-order valence-corrected chi connectivity index (χ0v) is 7.38. The molecule has 1 aromatic rings. The molecule has 0 amide bonds. The molecule has 0 fully saturated rings. The summed E-state index contributed by atoms with van der Waals surface area (Å²) in [4.78, 5) is 4.07. The molecular formula is C10H9ClN. The number of hydrogen-bond donors (Lipinski definition) is 0. The van der Waals surface area contributed by atoms with Crippen molar-refractivity contribution in [3.63, 3.8) is 0 Å². The molecule has 0 spiro atoms. The summed E-state index contributed by atoms with van der Waals surface area (Å²) in [6.07, 6.45) is 3.46. The van der Waals surface area contributed by atoms with Crippen molar-refractivity contribution in [3.8, 4) is 0 Å². The molecule has 1 rings (SSSR count). The van der Waals surface area contributed by atoms with Crippen LogP contribution in [0.15, 0.2) is 35.8 Å². The fourth-order valence-corrected chi connectivity index (χ4v) is 0.915. The van der Waals surface area contributed by atoms with Crippen molar-refractivity contribution in [2.24, 2.45) is 4.99 Å². The van der Waals surface area contributed by atoms with Crippen LogP contribution in [0.5, 0.6) is 0 Å². The molecule has 0 heterocycles. The molecule has 2 heteroatoms. The number of hydrogen-bond acceptors (Lipinski definition) is 1. The van der Waals surface area contributed by atoms with E-state index in [-0.39, 0.29) is 0 Å². The van der Waals surface area contributed by atoms with Gasteiger partial charge in [-0.3, -0.25) is 4.99 Å². The molecular weight excluding hydrogens is 170 g/mol. The predicted octanol–water partition coefficient (Wildman–Crippen LogP) is 2.75. The molecule has 1 radical (unpaired) electrons. The van der Waals surface area contributed by atoms with E-state index >= 15 is 0 Å². The Morgan fingerprint density at radius 2 is 2.50 bits per heavy atom. The van der Waals surface area contributed by atoms with E-state index in [1.807, 2.05) is 0 Å². The Labute approximate surface area is 77.4 Å². The van der Waals surface area contributed by atoms with E-state index in [0.29, 0.717) is 11.6 Å². The first-order valence-electron chi connectivity index (χ1n) is 3.61. The van der Waals surface area contributed by atoms with Gasteiger partial charge in [-0.05, 0) is 18.2 Å². The van der Waals surface area contributed by atoms with Gasteiger partial charge < -0.3 is 0 Å². The Morgan fingerprint density at radius 3 is 3.17 bits per heavy atom. The van der Waals surface area contributed by atoms with E-state index in [2.05, 4.69) is 17.6 Å². The molecule has 0 saturated carbocycles. The molecule has 0 aliphatic carbocycles. The van der Waals surface area contributed by atoms with Crippen molar-refractivity contribution in [1.29, 1.82) is 0 Å². The van der Waals surface area contributed by atoms with Crippen LogP contribution in [0.25, 0.3) is 0 Å². The Balaban J connectivity index is 2.74. The van der Waals surface area contributed by atoms with E-state index in [4.69, 9.17) is 11.6 Å². The summed E-state index contributed by atoms with van der Waals surface area (Å²) in [5, 5.41) is 0.696. The lowest BCUT2D eigenvalue weighted by atomic mass is 10.2. The van der Waals surface area contributed by atoms with Crippen molar-refractivity contribution in [3.05, 3.63) is 47.5 Å². The molecule has 0 N–H and O–H groups in total. The molecule has 0 unspecified atom stereocenters. The molecule has 1 nitrogen and oxygen atoms in total. The first-order chi connectivity index (χ1) is 5.84. The smallest absolute Gasteiger partial charge is 0.0567 e. The van der Waals surface area contributed by atoms with Crippen LogP contribution in [0.3, 0.4) is 0 Å². The third-order valence-electron chi connectivity index (χ3n) is 1.31. The van der Waals surface area contributed by atoms with Crippen molar-refractivity contribution in [2.75, 3.05) is 6.54 Å². The van der Waals surface area contributed by atoms with Crippen LogP contribution in [0.2, 0.25) is 5.02 Å². The minimum Gasteiger partial charge on any atom is -0.288 e.